The fraction of sp³-hybridized carbons (Fsp3) is 0.538. The molecule has 0 saturated heterocycles. The van der Waals surface area contributed by atoms with Crippen LogP contribution in [0, 0.1) is 0 Å². The van der Waals surface area contributed by atoms with Crippen molar-refractivity contribution in [2.75, 3.05) is 0 Å². The molecule has 0 aromatic heterocycles. The lowest BCUT2D eigenvalue weighted by atomic mass is 9.75. The van der Waals surface area contributed by atoms with Crippen LogP contribution in [0.25, 0.3) is 0 Å². The quantitative estimate of drug-likeness (QED) is 0.732. The average molecular weight is 221 g/mol. The Kier molecular flexibility index (Phi) is 3.06. The highest BCUT2D eigenvalue weighted by Gasteiger charge is 2.34. The van der Waals surface area contributed by atoms with E-state index >= 15 is 0 Å². The molecular formula is C13H19NO2. The van der Waals surface area contributed by atoms with Gasteiger partial charge in [0.05, 0.1) is 0 Å². The van der Waals surface area contributed by atoms with Gasteiger partial charge in [0.15, 0.2) is 0 Å². The van der Waals surface area contributed by atoms with Crippen molar-refractivity contribution in [3.8, 4) is 11.5 Å². The first-order valence-electron chi connectivity index (χ1n) is 5.91. The Morgan fingerprint density at radius 2 is 2.06 bits per heavy atom. The molecule has 0 spiro atoms. The monoisotopic (exact) mass is 221 g/mol. The van der Waals surface area contributed by atoms with Crippen LogP contribution in [-0.2, 0) is 6.54 Å². The van der Waals surface area contributed by atoms with E-state index in [9.17, 15) is 10.2 Å². The molecule has 0 atom stereocenters. The zero-order chi connectivity index (χ0) is 11.6. The highest BCUT2D eigenvalue weighted by molar-refractivity contribution is 5.38. The maximum Gasteiger partial charge on any atom is 0.123 e. The first kappa shape index (κ1) is 11.3. The molecule has 0 unspecified atom stereocenters. The maximum atomic E-state index is 9.65. The van der Waals surface area contributed by atoms with E-state index in [1.54, 1.807) is 12.1 Å². The Bertz CT molecular complexity index is 367. The zero-order valence-corrected chi connectivity index (χ0v) is 9.66. The molecule has 1 aromatic rings. The fourth-order valence-corrected chi connectivity index (χ4v) is 2.24. The molecule has 3 nitrogen and oxygen atoms in total. The van der Waals surface area contributed by atoms with E-state index in [0.717, 1.165) is 12.0 Å². The van der Waals surface area contributed by atoms with Gasteiger partial charge in [-0.1, -0.05) is 13.0 Å². The van der Waals surface area contributed by atoms with E-state index in [1.807, 2.05) is 0 Å². The van der Waals surface area contributed by atoms with Crippen LogP contribution in [0.15, 0.2) is 18.2 Å². The highest BCUT2D eigenvalue weighted by Crippen LogP contribution is 2.35. The minimum atomic E-state index is 0.107. The first-order chi connectivity index (χ1) is 7.65. The molecule has 3 heteroatoms. The van der Waals surface area contributed by atoms with E-state index in [4.69, 9.17) is 0 Å². The summed E-state index contributed by atoms with van der Waals surface area (Å²) >= 11 is 0. The molecule has 0 amide bonds. The maximum absolute atomic E-state index is 9.65. The molecule has 1 fully saturated rings. The molecule has 0 aliphatic heterocycles. The van der Waals surface area contributed by atoms with Crippen molar-refractivity contribution in [2.24, 2.45) is 0 Å². The van der Waals surface area contributed by atoms with Crippen LogP contribution in [0.3, 0.4) is 0 Å². The number of phenolic OH excluding ortho intramolecular Hbond substituents is 2. The van der Waals surface area contributed by atoms with Crippen molar-refractivity contribution in [1.29, 1.82) is 0 Å². The molecule has 16 heavy (non-hydrogen) atoms. The summed E-state index contributed by atoms with van der Waals surface area (Å²) in [6, 6.07) is 4.76. The van der Waals surface area contributed by atoms with Crippen molar-refractivity contribution in [2.45, 2.75) is 44.7 Å². The Labute approximate surface area is 96.1 Å². The molecule has 1 saturated carbocycles. The third-order valence-corrected chi connectivity index (χ3v) is 3.71. The zero-order valence-electron chi connectivity index (χ0n) is 9.66. The van der Waals surface area contributed by atoms with Gasteiger partial charge in [-0.25, -0.2) is 0 Å². The van der Waals surface area contributed by atoms with Crippen LogP contribution in [0.1, 0.15) is 38.2 Å². The standard InChI is InChI=1S/C13H19NO2/c1-2-13(6-3-7-13)14-9-10-4-5-11(15)8-12(10)16/h4-5,8,14-16H,2-3,6-7,9H2,1H3. The van der Waals surface area contributed by atoms with Crippen LogP contribution in [0.2, 0.25) is 0 Å². The summed E-state index contributed by atoms with van der Waals surface area (Å²) in [5.74, 6) is 0.271. The van der Waals surface area contributed by atoms with Crippen molar-refractivity contribution in [1.82, 2.24) is 5.32 Å². The molecule has 1 aliphatic rings. The second kappa shape index (κ2) is 4.34. The van der Waals surface area contributed by atoms with Gasteiger partial charge in [0.2, 0.25) is 0 Å². The summed E-state index contributed by atoms with van der Waals surface area (Å²) in [6.07, 6.45) is 4.87. The van der Waals surface area contributed by atoms with E-state index in [-0.39, 0.29) is 17.0 Å². The highest BCUT2D eigenvalue weighted by atomic mass is 16.3. The molecule has 88 valence electrons. The molecule has 1 aliphatic carbocycles. The second-order valence-electron chi connectivity index (χ2n) is 4.65. The molecule has 0 heterocycles. The number of hydrogen-bond acceptors (Lipinski definition) is 3. The van der Waals surface area contributed by atoms with Gasteiger partial charge in [0, 0.05) is 23.7 Å². The molecule has 2 rings (SSSR count). The minimum absolute atomic E-state index is 0.107. The molecule has 3 N–H and O–H groups in total. The Balaban J connectivity index is 1.99. The van der Waals surface area contributed by atoms with Gasteiger partial charge in [0.1, 0.15) is 11.5 Å². The van der Waals surface area contributed by atoms with E-state index in [0.29, 0.717) is 6.54 Å². The van der Waals surface area contributed by atoms with Gasteiger partial charge in [-0.05, 0) is 31.7 Å². The van der Waals surface area contributed by atoms with E-state index < -0.39 is 0 Å². The van der Waals surface area contributed by atoms with Gasteiger partial charge in [-0.15, -0.1) is 0 Å². The number of benzene rings is 1. The number of hydrogen-bond donors (Lipinski definition) is 3. The van der Waals surface area contributed by atoms with E-state index in [2.05, 4.69) is 12.2 Å². The van der Waals surface area contributed by atoms with Crippen molar-refractivity contribution in [3.05, 3.63) is 23.8 Å². The lowest BCUT2D eigenvalue weighted by Crippen LogP contribution is -2.49. The van der Waals surface area contributed by atoms with Crippen molar-refractivity contribution >= 4 is 0 Å². The number of nitrogens with one attached hydrogen (secondary N) is 1. The number of rotatable bonds is 4. The normalized spacial score (nSPS) is 18.1. The van der Waals surface area contributed by atoms with Crippen LogP contribution < -0.4 is 5.32 Å². The predicted octanol–water partition coefficient (Wildman–Crippen LogP) is 2.52. The lowest BCUT2D eigenvalue weighted by molar-refractivity contribution is 0.175. The summed E-state index contributed by atoms with van der Waals surface area (Å²) in [4.78, 5) is 0. The van der Waals surface area contributed by atoms with Crippen molar-refractivity contribution < 1.29 is 10.2 Å². The van der Waals surface area contributed by atoms with Crippen molar-refractivity contribution in [3.63, 3.8) is 0 Å². The van der Waals surface area contributed by atoms with Crippen LogP contribution >= 0.6 is 0 Å². The summed E-state index contributed by atoms with van der Waals surface area (Å²) in [7, 11) is 0. The Morgan fingerprint density at radius 3 is 2.56 bits per heavy atom. The number of phenols is 2. The van der Waals surface area contributed by atoms with Crippen LogP contribution in [0.5, 0.6) is 11.5 Å². The molecule has 1 aromatic carbocycles. The topological polar surface area (TPSA) is 52.5 Å². The van der Waals surface area contributed by atoms with Gasteiger partial charge in [-0.3, -0.25) is 0 Å². The lowest BCUT2D eigenvalue weighted by Gasteiger charge is -2.42. The Morgan fingerprint density at radius 1 is 1.31 bits per heavy atom. The second-order valence-corrected chi connectivity index (χ2v) is 4.65. The van der Waals surface area contributed by atoms with Crippen LogP contribution in [-0.4, -0.2) is 15.8 Å². The third-order valence-electron chi connectivity index (χ3n) is 3.71. The summed E-state index contributed by atoms with van der Waals surface area (Å²) in [6.45, 7) is 2.86. The SMILES string of the molecule is CCC1(NCc2ccc(O)cc2O)CCC1. The molecular weight excluding hydrogens is 202 g/mol. The van der Waals surface area contributed by atoms with Gasteiger partial charge >= 0.3 is 0 Å². The third kappa shape index (κ3) is 2.14. The fourth-order valence-electron chi connectivity index (χ4n) is 2.24. The largest absolute Gasteiger partial charge is 0.508 e. The molecule has 0 radical (unpaired) electrons. The van der Waals surface area contributed by atoms with Crippen LogP contribution in [0.4, 0.5) is 0 Å². The first-order valence-corrected chi connectivity index (χ1v) is 5.91. The summed E-state index contributed by atoms with van der Waals surface area (Å²) in [5, 5.41) is 22.4. The minimum Gasteiger partial charge on any atom is -0.508 e. The Hall–Kier alpha value is -1.22. The van der Waals surface area contributed by atoms with Gasteiger partial charge < -0.3 is 15.5 Å². The number of aromatic hydroxyl groups is 2. The molecule has 0 bridgehead atoms. The smallest absolute Gasteiger partial charge is 0.123 e. The predicted molar refractivity (Wildman–Crippen MR) is 63.5 cm³/mol. The van der Waals surface area contributed by atoms with Gasteiger partial charge in [0.25, 0.3) is 0 Å². The van der Waals surface area contributed by atoms with Gasteiger partial charge in [-0.2, -0.15) is 0 Å². The summed E-state index contributed by atoms with van der Waals surface area (Å²) < 4.78 is 0. The average Bonchev–Trinajstić information content (AvgIpc) is 2.19. The van der Waals surface area contributed by atoms with E-state index in [1.165, 1.54) is 25.3 Å². The summed E-state index contributed by atoms with van der Waals surface area (Å²) in [5.41, 5.74) is 1.13.